The lowest BCUT2D eigenvalue weighted by molar-refractivity contribution is -0.161. The van der Waals surface area contributed by atoms with E-state index in [2.05, 4.69) is 4.98 Å². The van der Waals surface area contributed by atoms with Crippen molar-refractivity contribution in [3.05, 3.63) is 58.3 Å². The summed E-state index contributed by atoms with van der Waals surface area (Å²) in [5.41, 5.74) is 0.717. The molecule has 0 unspecified atom stereocenters. The molecule has 32 heavy (non-hydrogen) atoms. The summed E-state index contributed by atoms with van der Waals surface area (Å²) < 4.78 is 18.7. The van der Waals surface area contributed by atoms with Crippen molar-refractivity contribution in [3.8, 4) is 0 Å². The molecule has 6 rings (SSSR count). The van der Waals surface area contributed by atoms with Crippen LogP contribution in [0.15, 0.2) is 41.9 Å². The summed E-state index contributed by atoms with van der Waals surface area (Å²) in [5, 5.41) is 2.53. The van der Waals surface area contributed by atoms with E-state index in [9.17, 15) is 14.0 Å². The largest absolute Gasteiger partial charge is 0.452 e. The minimum absolute atomic E-state index is 0.174. The van der Waals surface area contributed by atoms with E-state index in [1.54, 1.807) is 24.4 Å². The Labute approximate surface area is 191 Å². The highest BCUT2D eigenvalue weighted by Gasteiger charge is 2.54. The van der Waals surface area contributed by atoms with Crippen LogP contribution in [0.2, 0.25) is 0 Å². The van der Waals surface area contributed by atoms with Crippen LogP contribution in [0.1, 0.15) is 49.1 Å². The van der Waals surface area contributed by atoms with Crippen LogP contribution in [0.5, 0.6) is 0 Å². The van der Waals surface area contributed by atoms with E-state index in [1.165, 1.54) is 48.8 Å². The molecule has 0 saturated heterocycles. The molecule has 0 spiro atoms. The van der Waals surface area contributed by atoms with Crippen molar-refractivity contribution in [2.45, 2.75) is 50.6 Å². The van der Waals surface area contributed by atoms with Crippen LogP contribution in [0, 0.1) is 23.6 Å². The lowest BCUT2D eigenvalue weighted by Gasteiger charge is -2.60. The molecule has 1 aromatic heterocycles. The summed E-state index contributed by atoms with van der Waals surface area (Å²) >= 11 is 1.42. The number of carbonyl (C=O) groups excluding carboxylic acids is 2. The van der Waals surface area contributed by atoms with Gasteiger partial charge in [-0.1, -0.05) is 12.1 Å². The Bertz CT molecular complexity index is 967. The minimum Gasteiger partial charge on any atom is -0.452 e. The molecule has 0 aliphatic heterocycles. The lowest BCUT2D eigenvalue weighted by atomic mass is 9.52. The van der Waals surface area contributed by atoms with Crippen molar-refractivity contribution in [2.24, 2.45) is 17.8 Å². The third kappa shape index (κ3) is 4.49. The summed E-state index contributed by atoms with van der Waals surface area (Å²) in [4.78, 5) is 31.6. The van der Waals surface area contributed by atoms with E-state index in [0.717, 1.165) is 24.8 Å². The Morgan fingerprint density at radius 2 is 1.78 bits per heavy atom. The number of hydrogen-bond acceptors (Lipinski definition) is 5. The van der Waals surface area contributed by atoms with Crippen molar-refractivity contribution in [3.63, 3.8) is 0 Å². The van der Waals surface area contributed by atoms with Gasteiger partial charge in [-0.25, -0.2) is 14.2 Å². The van der Waals surface area contributed by atoms with Crippen molar-refractivity contribution >= 4 is 29.3 Å². The lowest BCUT2D eigenvalue weighted by Crippen LogP contribution is -2.61. The summed E-state index contributed by atoms with van der Waals surface area (Å²) in [5.74, 6) is 1.01. The minimum atomic E-state index is -0.555. The number of thiazole rings is 1. The summed E-state index contributed by atoms with van der Waals surface area (Å²) in [6.07, 6.45) is 11.4. The molecule has 4 aliphatic rings. The van der Waals surface area contributed by atoms with Crippen molar-refractivity contribution in [1.29, 1.82) is 0 Å². The first-order valence-electron chi connectivity index (χ1n) is 11.3. The van der Waals surface area contributed by atoms with E-state index in [1.807, 2.05) is 10.3 Å². The van der Waals surface area contributed by atoms with E-state index < -0.39 is 5.97 Å². The molecule has 4 saturated carbocycles. The van der Waals surface area contributed by atoms with Crippen LogP contribution in [0.4, 0.5) is 4.39 Å². The fourth-order valence-electron chi connectivity index (χ4n) is 6.40. The zero-order valence-electron chi connectivity index (χ0n) is 17.9. The van der Waals surface area contributed by atoms with Gasteiger partial charge in [-0.2, -0.15) is 0 Å². The molecule has 1 aromatic carbocycles. The molecule has 1 heterocycles. The molecular weight excluding hydrogens is 427 g/mol. The summed E-state index contributed by atoms with van der Waals surface area (Å²) in [7, 11) is 0. The molecule has 168 valence electrons. The highest BCUT2D eigenvalue weighted by Crippen LogP contribution is 2.58. The number of amides is 1. The van der Waals surface area contributed by atoms with Gasteiger partial charge in [0, 0.05) is 29.7 Å². The number of rotatable bonds is 7. The molecule has 7 heteroatoms. The SMILES string of the molecule is O=C(C=Cc1nccs1)OCC(=O)N(Cc1ccc(F)cc1)C12CC3CC(CC(C3)C1)C2. The Morgan fingerprint density at radius 1 is 1.12 bits per heavy atom. The Kier molecular flexibility index (Phi) is 5.84. The third-order valence-corrected chi connectivity index (χ3v) is 8.03. The Balaban J connectivity index is 1.32. The maximum atomic E-state index is 13.4. The van der Waals surface area contributed by atoms with E-state index in [-0.39, 0.29) is 23.9 Å². The number of halogens is 1. The van der Waals surface area contributed by atoms with Gasteiger partial charge < -0.3 is 9.64 Å². The first-order chi connectivity index (χ1) is 15.5. The molecule has 0 atom stereocenters. The Hall–Kier alpha value is -2.54. The second-order valence-electron chi connectivity index (χ2n) is 9.56. The maximum absolute atomic E-state index is 13.4. The quantitative estimate of drug-likeness (QED) is 0.444. The second kappa shape index (κ2) is 8.77. The van der Waals surface area contributed by atoms with Crippen molar-refractivity contribution in [1.82, 2.24) is 9.88 Å². The zero-order chi connectivity index (χ0) is 22.1. The molecular formula is C25H27FN2O3S. The van der Waals surface area contributed by atoms with Crippen molar-refractivity contribution in [2.75, 3.05) is 6.61 Å². The topological polar surface area (TPSA) is 59.5 Å². The average Bonchev–Trinajstić information content (AvgIpc) is 3.28. The first-order valence-corrected chi connectivity index (χ1v) is 12.2. The highest BCUT2D eigenvalue weighted by molar-refractivity contribution is 7.10. The van der Waals surface area contributed by atoms with Gasteiger partial charge in [0.1, 0.15) is 10.8 Å². The van der Waals surface area contributed by atoms with Gasteiger partial charge in [0.25, 0.3) is 5.91 Å². The molecule has 4 aliphatic carbocycles. The van der Waals surface area contributed by atoms with Gasteiger partial charge in [0.05, 0.1) is 0 Å². The molecule has 1 amide bonds. The Morgan fingerprint density at radius 3 is 2.38 bits per heavy atom. The van der Waals surface area contributed by atoms with Crippen LogP contribution < -0.4 is 0 Å². The predicted molar refractivity (Wildman–Crippen MR) is 120 cm³/mol. The number of carbonyl (C=O) groups is 2. The summed E-state index contributed by atoms with van der Waals surface area (Å²) in [6.45, 7) is 0.127. The van der Waals surface area contributed by atoms with Crippen LogP contribution >= 0.6 is 11.3 Å². The van der Waals surface area contributed by atoms with Gasteiger partial charge in [-0.05, 0) is 80.1 Å². The standard InChI is InChI=1S/C25H27FN2O3S/c26-21-3-1-17(2-4-21)15-28(25-12-18-9-19(13-25)11-20(10-18)14-25)23(29)16-31-24(30)6-5-22-27-7-8-32-22/h1-8,18-20H,9-16H2. The normalized spacial score (nSPS) is 28.2. The van der Waals surface area contributed by atoms with Gasteiger partial charge in [-0.3, -0.25) is 4.79 Å². The van der Waals surface area contributed by atoms with Gasteiger partial charge in [-0.15, -0.1) is 11.3 Å². The highest BCUT2D eigenvalue weighted by atomic mass is 32.1. The first kappa shape index (κ1) is 21.3. The number of ether oxygens (including phenoxy) is 1. The summed E-state index contributed by atoms with van der Waals surface area (Å²) in [6, 6.07) is 6.33. The van der Waals surface area contributed by atoms with E-state index >= 15 is 0 Å². The fraction of sp³-hybridized carbons (Fsp3) is 0.480. The number of aromatic nitrogens is 1. The molecule has 0 N–H and O–H groups in total. The maximum Gasteiger partial charge on any atom is 0.331 e. The monoisotopic (exact) mass is 454 g/mol. The third-order valence-electron chi connectivity index (χ3n) is 7.28. The van der Waals surface area contributed by atoms with E-state index in [0.29, 0.717) is 29.3 Å². The molecule has 4 fully saturated rings. The average molecular weight is 455 g/mol. The van der Waals surface area contributed by atoms with Crippen LogP contribution in [0.3, 0.4) is 0 Å². The number of esters is 1. The molecule has 2 aromatic rings. The number of nitrogens with zero attached hydrogens (tertiary/aromatic N) is 2. The van der Waals surface area contributed by atoms with Gasteiger partial charge >= 0.3 is 5.97 Å². The predicted octanol–water partition coefficient (Wildman–Crippen LogP) is 4.84. The van der Waals surface area contributed by atoms with Crippen LogP contribution in [-0.4, -0.2) is 33.9 Å². The second-order valence-corrected chi connectivity index (χ2v) is 10.5. The smallest absolute Gasteiger partial charge is 0.331 e. The van der Waals surface area contributed by atoms with Crippen LogP contribution in [0.25, 0.3) is 6.08 Å². The van der Waals surface area contributed by atoms with E-state index in [4.69, 9.17) is 4.74 Å². The number of hydrogen-bond donors (Lipinski definition) is 0. The molecule has 5 nitrogen and oxygen atoms in total. The molecule has 4 bridgehead atoms. The van der Waals surface area contributed by atoms with Gasteiger partial charge in [0.2, 0.25) is 0 Å². The molecule has 0 radical (unpaired) electrons. The van der Waals surface area contributed by atoms with Crippen LogP contribution in [-0.2, 0) is 20.9 Å². The van der Waals surface area contributed by atoms with Crippen molar-refractivity contribution < 1.29 is 18.7 Å². The number of benzene rings is 1. The zero-order valence-corrected chi connectivity index (χ0v) is 18.7. The fourth-order valence-corrected chi connectivity index (χ4v) is 6.93. The van der Waals surface area contributed by atoms with Gasteiger partial charge in [0.15, 0.2) is 6.61 Å².